The highest BCUT2D eigenvalue weighted by Crippen LogP contribution is 2.51. The van der Waals surface area contributed by atoms with Crippen LogP contribution in [0.2, 0.25) is 5.02 Å². The van der Waals surface area contributed by atoms with Crippen molar-refractivity contribution in [3.63, 3.8) is 0 Å². The number of aromatic nitrogens is 3. The van der Waals surface area contributed by atoms with E-state index in [4.69, 9.17) is 32.5 Å². The molecule has 0 saturated carbocycles. The second-order valence-corrected chi connectivity index (χ2v) is 15.6. The third kappa shape index (κ3) is 6.24. The van der Waals surface area contributed by atoms with Crippen LogP contribution in [0.3, 0.4) is 0 Å². The van der Waals surface area contributed by atoms with E-state index in [2.05, 4.69) is 38.5 Å². The quantitative estimate of drug-likeness (QED) is 0.176. The number of rotatable bonds is 6. The van der Waals surface area contributed by atoms with Gasteiger partial charge in [-0.25, -0.2) is 13.8 Å². The summed E-state index contributed by atoms with van der Waals surface area (Å²) in [7, 11) is 1.38. The minimum atomic E-state index is -0.814. The molecule has 51 heavy (non-hydrogen) atoms. The molecule has 15 heteroatoms. The zero-order valence-corrected chi connectivity index (χ0v) is 30.8. The molecule has 4 N–H and O–H groups in total. The summed E-state index contributed by atoms with van der Waals surface area (Å²) in [6, 6.07) is 8.73. The predicted octanol–water partition coefficient (Wildman–Crippen LogP) is 7.82. The van der Waals surface area contributed by atoms with E-state index in [-0.39, 0.29) is 72.1 Å². The van der Waals surface area contributed by atoms with Gasteiger partial charge in [0.15, 0.2) is 11.6 Å². The first kappa shape index (κ1) is 35.3. The number of thioether (sulfide) groups is 1. The summed E-state index contributed by atoms with van der Waals surface area (Å²) in [4.78, 5) is 17.7. The minimum Gasteiger partial charge on any atom is -0.489 e. The van der Waals surface area contributed by atoms with E-state index in [9.17, 15) is 9.65 Å². The summed E-state index contributed by atoms with van der Waals surface area (Å²) in [5.41, 5.74) is 12.9. The molecule has 6 heterocycles. The lowest BCUT2D eigenvalue weighted by Gasteiger charge is -2.30. The van der Waals surface area contributed by atoms with Gasteiger partial charge in [0.1, 0.15) is 40.6 Å². The second kappa shape index (κ2) is 14.5. The van der Waals surface area contributed by atoms with E-state index >= 15 is 4.39 Å². The molecular formula is C36H37ClF2N8O2S2. The number of fused-ring (bicyclic) bond motifs is 2. The third-order valence-electron chi connectivity index (χ3n) is 9.84. The summed E-state index contributed by atoms with van der Waals surface area (Å²) in [6.45, 7) is 7.46. The van der Waals surface area contributed by atoms with Gasteiger partial charge in [0.25, 0.3) is 0 Å². The van der Waals surface area contributed by atoms with Crippen LogP contribution in [0.5, 0.6) is 11.8 Å². The molecule has 0 spiro atoms. The molecule has 0 amide bonds. The van der Waals surface area contributed by atoms with Crippen LogP contribution in [0.4, 0.5) is 25.4 Å². The van der Waals surface area contributed by atoms with Crippen molar-refractivity contribution in [2.24, 2.45) is 0 Å². The molecule has 5 aromatic rings. The van der Waals surface area contributed by atoms with E-state index < -0.39 is 11.6 Å². The van der Waals surface area contributed by atoms with Gasteiger partial charge in [-0.05, 0) is 56.2 Å². The third-order valence-corrected chi connectivity index (χ3v) is 12.4. The van der Waals surface area contributed by atoms with Gasteiger partial charge in [0, 0.05) is 40.5 Å². The Balaban J connectivity index is 0.000000313. The lowest BCUT2D eigenvalue weighted by molar-refractivity contribution is 0.325. The van der Waals surface area contributed by atoms with Crippen LogP contribution < -0.4 is 25.8 Å². The summed E-state index contributed by atoms with van der Waals surface area (Å²) in [6.07, 6.45) is 5.99. The number of nitrogens with two attached hydrogens (primary N) is 2. The molecular weight excluding hydrogens is 714 g/mol. The predicted molar refractivity (Wildman–Crippen MR) is 202 cm³/mol. The van der Waals surface area contributed by atoms with Crippen LogP contribution in [0.1, 0.15) is 50.3 Å². The Bertz CT molecular complexity index is 2170. The number of halogens is 3. The zero-order chi connectivity index (χ0) is 36.0. The van der Waals surface area contributed by atoms with Crippen molar-refractivity contribution in [3.05, 3.63) is 58.2 Å². The van der Waals surface area contributed by atoms with Crippen LogP contribution in [0, 0.1) is 23.0 Å². The topological polar surface area (TPSA) is 139 Å². The molecule has 10 nitrogen and oxygen atoms in total. The molecule has 3 aliphatic rings. The monoisotopic (exact) mass is 750 g/mol. The molecule has 2 saturated heterocycles. The van der Waals surface area contributed by atoms with Crippen molar-refractivity contribution in [1.82, 2.24) is 19.9 Å². The van der Waals surface area contributed by atoms with Crippen LogP contribution in [-0.2, 0) is 0 Å². The molecule has 266 valence electrons. The Kier molecular flexibility index (Phi) is 9.99. The maximum atomic E-state index is 16.6. The van der Waals surface area contributed by atoms with Gasteiger partial charge < -0.3 is 25.8 Å². The van der Waals surface area contributed by atoms with E-state index in [1.165, 1.54) is 57.3 Å². The number of benzene rings is 2. The first-order valence-corrected chi connectivity index (χ1v) is 19.0. The van der Waals surface area contributed by atoms with Crippen molar-refractivity contribution in [3.8, 4) is 29.0 Å². The number of nitrogen functional groups attached to an aromatic ring is 2. The van der Waals surface area contributed by atoms with Gasteiger partial charge >= 0.3 is 6.01 Å². The number of ether oxygens (including phenoxy) is 2. The molecule has 2 aromatic carbocycles. The lowest BCUT2D eigenvalue weighted by Crippen LogP contribution is -2.31. The fourth-order valence-electron chi connectivity index (χ4n) is 7.49. The first-order valence-electron chi connectivity index (χ1n) is 16.8. The number of pyridine rings is 1. The highest BCUT2D eigenvalue weighted by Gasteiger charge is 2.35. The smallest absolute Gasteiger partial charge is 0.318 e. The Morgan fingerprint density at radius 1 is 1.22 bits per heavy atom. The summed E-state index contributed by atoms with van der Waals surface area (Å²) < 4.78 is 43.0. The molecule has 8 rings (SSSR count). The van der Waals surface area contributed by atoms with Crippen molar-refractivity contribution < 1.29 is 18.3 Å². The second-order valence-electron chi connectivity index (χ2n) is 12.6. The van der Waals surface area contributed by atoms with Crippen molar-refractivity contribution in [2.75, 3.05) is 55.5 Å². The van der Waals surface area contributed by atoms with Gasteiger partial charge in [0.2, 0.25) is 0 Å². The number of nitriles is 1. The molecule has 0 aliphatic carbocycles. The zero-order valence-electron chi connectivity index (χ0n) is 28.4. The number of methoxy groups -OCH3 is 1. The van der Waals surface area contributed by atoms with E-state index in [1.54, 1.807) is 12.3 Å². The summed E-state index contributed by atoms with van der Waals surface area (Å²) in [5.74, 6) is 0.727. The first-order chi connectivity index (χ1) is 24.7. The van der Waals surface area contributed by atoms with Crippen LogP contribution >= 0.6 is 34.7 Å². The Morgan fingerprint density at radius 2 is 2.04 bits per heavy atom. The minimum absolute atomic E-state index is 0.0341. The van der Waals surface area contributed by atoms with Gasteiger partial charge in [-0.3, -0.25) is 4.90 Å². The highest BCUT2D eigenvalue weighted by atomic mass is 35.5. The standard InChI is InChI=1S/C27H20ClF2N7O2S.C9H17NS/c1-11(12-4-3-7-34-24(12)32)37-8-9-39-22-18-21(35-27(38-2)36-26(18)37)20(30)17(19(22)28)13-5-6-15(29)23-16(13)14(10-31)25(33)40-23;1-2-11-9-6-8-4-3-5-10(8)7-9/h3-7,11H,8-9,33H2,1-2H3,(H2,32,34);8-9H,2-7H2,1H3. The number of nitrogens with zero attached hydrogens (tertiary/aromatic N) is 6. The number of hydrogen-bond acceptors (Lipinski definition) is 12. The van der Waals surface area contributed by atoms with Gasteiger partial charge in [-0.2, -0.15) is 27.0 Å². The normalized spacial score (nSPS) is 18.9. The Hall–Kier alpha value is -4.16. The number of thiophene rings is 1. The largest absolute Gasteiger partial charge is 0.489 e. The molecule has 2 fully saturated rings. The van der Waals surface area contributed by atoms with Gasteiger partial charge in [-0.1, -0.05) is 30.7 Å². The van der Waals surface area contributed by atoms with Crippen molar-refractivity contribution >= 4 is 72.3 Å². The van der Waals surface area contributed by atoms with Gasteiger partial charge in [0.05, 0.1) is 40.4 Å². The SMILES string of the molecule is CCSC1CC2CCCN2C1.COc1nc2c3c(c(Cl)c(-c4ccc(F)c5sc(N)c(C#N)c45)c(F)c3n1)OCCN2C(C)c1cccnc1N. The van der Waals surface area contributed by atoms with E-state index in [0.29, 0.717) is 18.2 Å². The summed E-state index contributed by atoms with van der Waals surface area (Å²) in [5, 5.41) is 11.2. The fourth-order valence-corrected chi connectivity index (χ4v) is 9.90. The lowest BCUT2D eigenvalue weighted by atomic mass is 9.96. The number of anilines is 3. The van der Waals surface area contributed by atoms with Crippen molar-refractivity contribution in [2.45, 2.75) is 50.4 Å². The number of hydrogen-bond donors (Lipinski definition) is 2. The average Bonchev–Trinajstić information content (AvgIpc) is 3.78. The van der Waals surface area contributed by atoms with E-state index in [0.717, 1.165) is 28.2 Å². The summed E-state index contributed by atoms with van der Waals surface area (Å²) >= 11 is 9.95. The fraction of sp³-hybridized carbons (Fsp3) is 0.389. The van der Waals surface area contributed by atoms with Crippen LogP contribution in [-0.4, -0.2) is 70.2 Å². The van der Waals surface area contributed by atoms with Crippen LogP contribution in [0.15, 0.2) is 30.5 Å². The van der Waals surface area contributed by atoms with Gasteiger partial charge in [-0.15, -0.1) is 11.3 Å². The van der Waals surface area contributed by atoms with Crippen molar-refractivity contribution in [1.29, 1.82) is 5.26 Å². The molecule has 3 unspecified atom stereocenters. The molecule has 0 radical (unpaired) electrons. The molecule has 0 bridgehead atoms. The molecule has 3 aliphatic heterocycles. The average molecular weight is 751 g/mol. The highest BCUT2D eigenvalue weighted by molar-refractivity contribution is 7.99. The maximum Gasteiger partial charge on any atom is 0.318 e. The van der Waals surface area contributed by atoms with Crippen LogP contribution in [0.25, 0.3) is 32.1 Å². The maximum absolute atomic E-state index is 16.6. The Morgan fingerprint density at radius 3 is 2.76 bits per heavy atom. The Labute approximate surface area is 307 Å². The van der Waals surface area contributed by atoms with E-state index in [1.807, 2.05) is 24.0 Å². The molecule has 3 aromatic heterocycles. The molecule has 3 atom stereocenters.